The highest BCUT2D eigenvalue weighted by Crippen LogP contribution is 2.46. The molecule has 1 aliphatic heterocycles. The molecule has 116 valence electrons. The van der Waals surface area contributed by atoms with Crippen molar-refractivity contribution in [3.63, 3.8) is 0 Å². The molecule has 1 saturated carbocycles. The van der Waals surface area contributed by atoms with Crippen LogP contribution >= 0.6 is 0 Å². The molecule has 21 heavy (non-hydrogen) atoms. The van der Waals surface area contributed by atoms with Crippen LogP contribution in [0.4, 0.5) is 0 Å². The van der Waals surface area contributed by atoms with Crippen molar-refractivity contribution in [2.24, 2.45) is 11.3 Å². The molecule has 1 heterocycles. The van der Waals surface area contributed by atoms with Gasteiger partial charge in [-0.1, -0.05) is 6.92 Å². The summed E-state index contributed by atoms with van der Waals surface area (Å²) in [6.07, 6.45) is 1.16. The van der Waals surface area contributed by atoms with Gasteiger partial charge in [0.1, 0.15) is 11.5 Å². The third kappa shape index (κ3) is 3.03. The van der Waals surface area contributed by atoms with Crippen molar-refractivity contribution < 1.29 is 14.3 Å². The summed E-state index contributed by atoms with van der Waals surface area (Å²) >= 11 is 0. The van der Waals surface area contributed by atoms with E-state index >= 15 is 0 Å². The first-order valence-electron chi connectivity index (χ1n) is 7.50. The van der Waals surface area contributed by atoms with E-state index in [9.17, 15) is 14.9 Å². The van der Waals surface area contributed by atoms with Crippen LogP contribution in [0.25, 0.3) is 0 Å². The lowest BCUT2D eigenvalue weighted by atomic mass is 9.62. The Morgan fingerprint density at radius 2 is 2.10 bits per heavy atom. The third-order valence-electron chi connectivity index (χ3n) is 4.14. The van der Waals surface area contributed by atoms with Gasteiger partial charge >= 0.3 is 0 Å². The number of hydrogen-bond acceptors (Lipinski definition) is 4. The van der Waals surface area contributed by atoms with Crippen molar-refractivity contribution >= 4 is 11.8 Å². The van der Waals surface area contributed by atoms with Gasteiger partial charge in [0.05, 0.1) is 19.3 Å². The van der Waals surface area contributed by atoms with Gasteiger partial charge in [-0.25, -0.2) is 0 Å². The van der Waals surface area contributed by atoms with E-state index in [0.29, 0.717) is 31.9 Å². The Balaban J connectivity index is 2.13. The Bertz CT molecular complexity index is 463. The molecule has 0 radical (unpaired) electrons. The Morgan fingerprint density at radius 1 is 1.43 bits per heavy atom. The minimum atomic E-state index is -0.937. The second kappa shape index (κ2) is 6.02. The second-order valence-corrected chi connectivity index (χ2v) is 6.46. The van der Waals surface area contributed by atoms with Crippen molar-refractivity contribution in [1.29, 1.82) is 5.26 Å². The number of nitrogens with one attached hydrogen (secondary N) is 1. The van der Waals surface area contributed by atoms with E-state index in [1.807, 2.05) is 20.8 Å². The summed E-state index contributed by atoms with van der Waals surface area (Å²) in [7, 11) is 0. The Kier molecular flexibility index (Phi) is 4.52. The Labute approximate surface area is 125 Å². The number of ether oxygens (including phenoxy) is 1. The van der Waals surface area contributed by atoms with Crippen LogP contribution in [0.1, 0.15) is 33.6 Å². The van der Waals surface area contributed by atoms with Crippen molar-refractivity contribution in [2.45, 2.75) is 45.7 Å². The number of amides is 2. The molecule has 1 aliphatic carbocycles. The van der Waals surface area contributed by atoms with Gasteiger partial charge in [0.15, 0.2) is 0 Å². The number of nitrogens with zero attached hydrogens (tertiary/aromatic N) is 2. The van der Waals surface area contributed by atoms with E-state index in [-0.39, 0.29) is 24.5 Å². The van der Waals surface area contributed by atoms with E-state index in [1.165, 1.54) is 4.90 Å². The van der Waals surface area contributed by atoms with Crippen LogP contribution in [0.3, 0.4) is 0 Å². The van der Waals surface area contributed by atoms with Gasteiger partial charge in [-0.05, 0) is 32.6 Å². The van der Waals surface area contributed by atoms with Gasteiger partial charge in [-0.3, -0.25) is 9.59 Å². The van der Waals surface area contributed by atoms with E-state index in [4.69, 9.17) is 4.74 Å². The molecule has 0 aromatic heterocycles. The normalized spacial score (nSPS) is 32.2. The zero-order valence-corrected chi connectivity index (χ0v) is 12.9. The second-order valence-electron chi connectivity index (χ2n) is 6.46. The van der Waals surface area contributed by atoms with Crippen molar-refractivity contribution in [3.8, 4) is 6.07 Å². The lowest BCUT2D eigenvalue weighted by Crippen LogP contribution is -2.61. The fraction of sp³-hybridized carbons (Fsp3) is 0.800. The average Bonchev–Trinajstić information content (AvgIpc) is 2.42. The summed E-state index contributed by atoms with van der Waals surface area (Å²) in [6.45, 7) is 6.75. The SMILES string of the molecule is CC1CC(C#N)(C(=O)N2CCOCC2C(=O)NC(C)C)C1. The van der Waals surface area contributed by atoms with E-state index in [1.54, 1.807) is 0 Å². The summed E-state index contributed by atoms with van der Waals surface area (Å²) in [5, 5.41) is 12.2. The summed E-state index contributed by atoms with van der Waals surface area (Å²) in [4.78, 5) is 26.5. The molecule has 1 unspecified atom stereocenters. The zero-order valence-electron chi connectivity index (χ0n) is 12.9. The summed E-state index contributed by atoms with van der Waals surface area (Å²) in [5.41, 5.74) is -0.937. The van der Waals surface area contributed by atoms with Crippen LogP contribution in [0.5, 0.6) is 0 Å². The quantitative estimate of drug-likeness (QED) is 0.829. The smallest absolute Gasteiger partial charge is 0.245 e. The van der Waals surface area contributed by atoms with Crippen molar-refractivity contribution in [1.82, 2.24) is 10.2 Å². The molecule has 1 atom stereocenters. The van der Waals surface area contributed by atoms with Crippen LogP contribution < -0.4 is 5.32 Å². The molecule has 2 rings (SSSR count). The maximum atomic E-state index is 12.7. The molecule has 1 N–H and O–H groups in total. The molecule has 6 heteroatoms. The molecule has 0 aromatic rings. The lowest BCUT2D eigenvalue weighted by molar-refractivity contribution is -0.159. The number of hydrogen-bond donors (Lipinski definition) is 1. The van der Waals surface area contributed by atoms with Crippen molar-refractivity contribution in [2.75, 3.05) is 19.8 Å². The first-order chi connectivity index (χ1) is 9.89. The highest BCUT2D eigenvalue weighted by molar-refractivity contribution is 5.92. The van der Waals surface area contributed by atoms with Crippen LogP contribution in [-0.2, 0) is 14.3 Å². The summed E-state index contributed by atoms with van der Waals surface area (Å²) in [6, 6.07) is 1.55. The maximum absolute atomic E-state index is 12.7. The van der Waals surface area contributed by atoms with Gasteiger partial charge in [0.25, 0.3) is 0 Å². The lowest BCUT2D eigenvalue weighted by Gasteiger charge is -2.45. The fourth-order valence-electron chi connectivity index (χ4n) is 3.16. The number of carbonyl (C=O) groups is 2. The van der Waals surface area contributed by atoms with Gasteiger partial charge in [0, 0.05) is 12.6 Å². The third-order valence-corrected chi connectivity index (χ3v) is 4.14. The van der Waals surface area contributed by atoms with Gasteiger partial charge in [-0.2, -0.15) is 5.26 Å². The molecule has 0 aromatic carbocycles. The molecular weight excluding hydrogens is 270 g/mol. The highest BCUT2D eigenvalue weighted by Gasteiger charge is 2.52. The number of morpholine rings is 1. The van der Waals surface area contributed by atoms with Gasteiger partial charge < -0.3 is 15.0 Å². The van der Waals surface area contributed by atoms with Crippen LogP contribution in [0, 0.1) is 22.7 Å². The monoisotopic (exact) mass is 293 g/mol. The fourth-order valence-corrected chi connectivity index (χ4v) is 3.16. The molecule has 0 spiro atoms. The van der Waals surface area contributed by atoms with E-state index in [2.05, 4.69) is 11.4 Å². The molecule has 6 nitrogen and oxygen atoms in total. The van der Waals surface area contributed by atoms with E-state index < -0.39 is 11.5 Å². The first-order valence-corrected chi connectivity index (χ1v) is 7.50. The van der Waals surface area contributed by atoms with Crippen LogP contribution in [-0.4, -0.2) is 48.6 Å². The minimum absolute atomic E-state index is 0.00466. The molecule has 2 fully saturated rings. The largest absolute Gasteiger partial charge is 0.377 e. The topological polar surface area (TPSA) is 82.4 Å². The van der Waals surface area contributed by atoms with Crippen LogP contribution in [0.15, 0.2) is 0 Å². The number of carbonyl (C=O) groups excluding carboxylic acids is 2. The van der Waals surface area contributed by atoms with Gasteiger partial charge in [-0.15, -0.1) is 0 Å². The molecular formula is C15H23N3O3. The predicted octanol–water partition coefficient (Wildman–Crippen LogP) is 0.678. The van der Waals surface area contributed by atoms with Crippen LogP contribution in [0.2, 0.25) is 0 Å². The first kappa shape index (κ1) is 15.8. The molecule has 0 bridgehead atoms. The maximum Gasteiger partial charge on any atom is 0.245 e. The number of nitriles is 1. The van der Waals surface area contributed by atoms with E-state index in [0.717, 1.165) is 0 Å². The standard InChI is InChI=1S/C15H23N3O3/c1-10(2)17-13(19)12-8-21-5-4-18(12)14(20)15(9-16)6-11(3)7-15/h10-12H,4-8H2,1-3H3,(H,17,19). The van der Waals surface area contributed by atoms with Crippen molar-refractivity contribution in [3.05, 3.63) is 0 Å². The summed E-state index contributed by atoms with van der Waals surface area (Å²) < 4.78 is 5.35. The summed E-state index contributed by atoms with van der Waals surface area (Å²) in [5.74, 6) is -0.0357. The molecule has 1 saturated heterocycles. The Hall–Kier alpha value is -1.61. The minimum Gasteiger partial charge on any atom is -0.377 e. The average molecular weight is 293 g/mol. The van der Waals surface area contributed by atoms with Gasteiger partial charge in [0.2, 0.25) is 11.8 Å². The zero-order chi connectivity index (χ0) is 15.6. The predicted molar refractivity (Wildman–Crippen MR) is 76.0 cm³/mol. The molecule has 2 aliphatic rings. The number of rotatable bonds is 3. The highest BCUT2D eigenvalue weighted by atomic mass is 16.5. The Morgan fingerprint density at radius 3 is 2.62 bits per heavy atom. The molecule has 2 amide bonds.